The van der Waals surface area contributed by atoms with Gasteiger partial charge in [-0.25, -0.2) is 10.2 Å². The molecule has 0 unspecified atom stereocenters. The molecule has 1 heterocycles. The van der Waals surface area contributed by atoms with Gasteiger partial charge in [0.25, 0.3) is 11.8 Å². The zero-order chi connectivity index (χ0) is 24.6. The lowest BCUT2D eigenvalue weighted by Gasteiger charge is -2.07. The Hall–Kier alpha value is -4.50. The van der Waals surface area contributed by atoms with E-state index < -0.39 is 11.9 Å². The number of ether oxygens (including phenoxy) is 1. The number of hydrazone groups is 1. The summed E-state index contributed by atoms with van der Waals surface area (Å²) in [7, 11) is 0. The van der Waals surface area contributed by atoms with Crippen molar-refractivity contribution in [1.29, 1.82) is 0 Å². The maximum atomic E-state index is 12.6. The van der Waals surface area contributed by atoms with Crippen LogP contribution in [0.2, 0.25) is 0 Å². The van der Waals surface area contributed by atoms with Crippen molar-refractivity contribution >= 4 is 45.6 Å². The molecule has 0 aliphatic rings. The molecule has 4 aromatic rings. The number of hydrogen-bond acceptors (Lipinski definition) is 6. The van der Waals surface area contributed by atoms with Crippen LogP contribution in [0, 0.1) is 0 Å². The highest BCUT2D eigenvalue weighted by Gasteiger charge is 2.13. The molecule has 3 aromatic carbocycles. The fraction of sp³-hybridized carbons (Fsp3) is 0. The summed E-state index contributed by atoms with van der Waals surface area (Å²) >= 11 is 3.33. The van der Waals surface area contributed by atoms with Gasteiger partial charge in [0.15, 0.2) is 0 Å². The molecule has 0 aliphatic heterocycles. The largest absolute Gasteiger partial charge is 0.457 e. The zero-order valence-electron chi connectivity index (χ0n) is 18.1. The van der Waals surface area contributed by atoms with Gasteiger partial charge in [-0.15, -0.1) is 0 Å². The number of furan rings is 1. The van der Waals surface area contributed by atoms with Gasteiger partial charge in [0.1, 0.15) is 5.75 Å². The standard InChI is InChI=1S/C26H18BrN3O5/c27-20-12-10-17(11-13-20)24(31)29-21-7-3-6-18(15-21)25(32)30-28-16-19-5-1-2-8-22(19)35-26(33)23-9-4-14-34-23/h1-16H,(H,29,31)(H,30,32). The van der Waals surface area contributed by atoms with Crippen molar-refractivity contribution < 1.29 is 23.5 Å². The lowest BCUT2D eigenvalue weighted by Crippen LogP contribution is -2.18. The number of anilines is 1. The van der Waals surface area contributed by atoms with E-state index >= 15 is 0 Å². The Morgan fingerprint density at radius 2 is 1.66 bits per heavy atom. The molecular weight excluding hydrogens is 514 g/mol. The van der Waals surface area contributed by atoms with Crippen LogP contribution in [0.3, 0.4) is 0 Å². The Labute approximate surface area is 208 Å². The third-order valence-corrected chi connectivity index (χ3v) is 5.23. The maximum Gasteiger partial charge on any atom is 0.379 e. The minimum absolute atomic E-state index is 0.0668. The van der Waals surface area contributed by atoms with Crippen molar-refractivity contribution in [2.75, 3.05) is 5.32 Å². The van der Waals surface area contributed by atoms with E-state index in [-0.39, 0.29) is 17.4 Å². The minimum Gasteiger partial charge on any atom is -0.457 e. The second-order valence-electron chi connectivity index (χ2n) is 7.15. The first-order chi connectivity index (χ1) is 17.0. The van der Waals surface area contributed by atoms with E-state index in [1.165, 1.54) is 18.5 Å². The van der Waals surface area contributed by atoms with Gasteiger partial charge in [-0.1, -0.05) is 34.1 Å². The molecule has 0 fully saturated rings. The smallest absolute Gasteiger partial charge is 0.379 e. The Bertz CT molecular complexity index is 1380. The number of hydrogen-bond donors (Lipinski definition) is 2. The number of halogens is 1. The molecule has 0 radical (unpaired) electrons. The van der Waals surface area contributed by atoms with E-state index in [0.717, 1.165) is 4.47 Å². The molecule has 1 aromatic heterocycles. The molecular formula is C26H18BrN3O5. The summed E-state index contributed by atoms with van der Waals surface area (Å²) in [5.74, 6) is -1.11. The van der Waals surface area contributed by atoms with E-state index in [0.29, 0.717) is 22.4 Å². The molecule has 0 saturated heterocycles. The van der Waals surface area contributed by atoms with Crippen molar-refractivity contribution in [1.82, 2.24) is 5.43 Å². The SMILES string of the molecule is O=C(NN=Cc1ccccc1OC(=O)c1ccco1)c1cccc(NC(=O)c2ccc(Br)cc2)c1. The molecule has 35 heavy (non-hydrogen) atoms. The molecule has 0 bridgehead atoms. The molecule has 0 aliphatic carbocycles. The van der Waals surface area contributed by atoms with Crippen molar-refractivity contribution in [2.45, 2.75) is 0 Å². The molecule has 0 saturated carbocycles. The van der Waals surface area contributed by atoms with Crippen LogP contribution in [0.15, 0.2) is 105 Å². The van der Waals surface area contributed by atoms with Crippen molar-refractivity contribution in [3.8, 4) is 5.75 Å². The quantitative estimate of drug-likeness (QED) is 0.146. The van der Waals surface area contributed by atoms with Gasteiger partial charge < -0.3 is 14.5 Å². The molecule has 9 heteroatoms. The van der Waals surface area contributed by atoms with Crippen LogP contribution in [0.5, 0.6) is 5.75 Å². The summed E-state index contributed by atoms with van der Waals surface area (Å²) in [6.45, 7) is 0. The Balaban J connectivity index is 1.39. The predicted molar refractivity (Wildman–Crippen MR) is 134 cm³/mol. The molecule has 2 N–H and O–H groups in total. The average Bonchev–Trinajstić information content (AvgIpc) is 3.41. The third-order valence-electron chi connectivity index (χ3n) is 4.70. The van der Waals surface area contributed by atoms with E-state index in [9.17, 15) is 14.4 Å². The predicted octanol–water partition coefficient (Wildman–Crippen LogP) is 5.28. The summed E-state index contributed by atoms with van der Waals surface area (Å²) in [4.78, 5) is 37.1. The fourth-order valence-electron chi connectivity index (χ4n) is 2.99. The number of benzene rings is 3. The minimum atomic E-state index is -0.651. The third kappa shape index (κ3) is 6.30. The van der Waals surface area contributed by atoms with E-state index in [1.807, 2.05) is 0 Å². The van der Waals surface area contributed by atoms with E-state index in [1.54, 1.807) is 78.9 Å². The second kappa shape index (κ2) is 11.1. The summed E-state index contributed by atoms with van der Waals surface area (Å²) in [6, 6.07) is 23.2. The highest BCUT2D eigenvalue weighted by Crippen LogP contribution is 2.18. The van der Waals surface area contributed by atoms with Crippen LogP contribution in [0.25, 0.3) is 0 Å². The van der Waals surface area contributed by atoms with Gasteiger partial charge in [-0.3, -0.25) is 9.59 Å². The fourth-order valence-corrected chi connectivity index (χ4v) is 3.26. The van der Waals surface area contributed by atoms with Crippen LogP contribution in [0.1, 0.15) is 36.8 Å². The number of amides is 2. The first-order valence-electron chi connectivity index (χ1n) is 10.3. The van der Waals surface area contributed by atoms with Crippen LogP contribution < -0.4 is 15.5 Å². The highest BCUT2D eigenvalue weighted by atomic mass is 79.9. The summed E-state index contributed by atoms with van der Waals surface area (Å²) in [5, 5.41) is 6.73. The number of esters is 1. The summed E-state index contributed by atoms with van der Waals surface area (Å²) in [6.07, 6.45) is 2.74. The Kier molecular flexibility index (Phi) is 7.49. The first-order valence-corrected chi connectivity index (χ1v) is 11.1. The molecule has 0 spiro atoms. The van der Waals surface area contributed by atoms with Crippen LogP contribution in [-0.4, -0.2) is 24.0 Å². The average molecular weight is 532 g/mol. The van der Waals surface area contributed by atoms with Crippen molar-refractivity contribution in [2.24, 2.45) is 5.10 Å². The highest BCUT2D eigenvalue weighted by molar-refractivity contribution is 9.10. The zero-order valence-corrected chi connectivity index (χ0v) is 19.7. The number of nitrogens with one attached hydrogen (secondary N) is 2. The number of rotatable bonds is 7. The lowest BCUT2D eigenvalue weighted by molar-refractivity contribution is 0.0700. The Morgan fingerprint density at radius 1 is 0.857 bits per heavy atom. The second-order valence-corrected chi connectivity index (χ2v) is 8.06. The van der Waals surface area contributed by atoms with Crippen LogP contribution in [-0.2, 0) is 0 Å². The monoisotopic (exact) mass is 531 g/mol. The summed E-state index contributed by atoms with van der Waals surface area (Å²) < 4.78 is 11.3. The molecule has 174 valence electrons. The van der Waals surface area contributed by atoms with E-state index in [2.05, 4.69) is 31.8 Å². The van der Waals surface area contributed by atoms with Gasteiger partial charge in [-0.2, -0.15) is 5.10 Å². The first kappa shape index (κ1) is 23.7. The number of carbonyl (C=O) groups is 3. The molecule has 4 rings (SSSR count). The number of para-hydroxylation sites is 1. The maximum absolute atomic E-state index is 12.6. The van der Waals surface area contributed by atoms with E-state index in [4.69, 9.17) is 9.15 Å². The Morgan fingerprint density at radius 3 is 2.43 bits per heavy atom. The van der Waals surface area contributed by atoms with Gasteiger partial charge in [0, 0.05) is 26.9 Å². The number of nitrogens with zero attached hydrogens (tertiary/aromatic N) is 1. The topological polar surface area (TPSA) is 110 Å². The van der Waals surface area contributed by atoms with Gasteiger partial charge in [0.2, 0.25) is 5.76 Å². The normalized spacial score (nSPS) is 10.7. The van der Waals surface area contributed by atoms with Crippen LogP contribution in [0.4, 0.5) is 5.69 Å². The van der Waals surface area contributed by atoms with Crippen molar-refractivity contribution in [3.63, 3.8) is 0 Å². The van der Waals surface area contributed by atoms with Crippen molar-refractivity contribution in [3.05, 3.63) is 118 Å². The summed E-state index contributed by atoms with van der Waals surface area (Å²) in [5.41, 5.74) is 4.15. The lowest BCUT2D eigenvalue weighted by atomic mass is 10.1. The number of carbonyl (C=O) groups excluding carboxylic acids is 3. The van der Waals surface area contributed by atoms with Gasteiger partial charge in [0.05, 0.1) is 12.5 Å². The van der Waals surface area contributed by atoms with Gasteiger partial charge in [-0.05, 0) is 66.7 Å². The van der Waals surface area contributed by atoms with Crippen LogP contribution >= 0.6 is 15.9 Å². The molecule has 0 atom stereocenters. The molecule has 2 amide bonds. The molecule has 8 nitrogen and oxygen atoms in total. The van der Waals surface area contributed by atoms with Gasteiger partial charge >= 0.3 is 5.97 Å².